The summed E-state index contributed by atoms with van der Waals surface area (Å²) in [5, 5.41) is 9.56. The van der Waals surface area contributed by atoms with Gasteiger partial charge >= 0.3 is 0 Å². The number of aliphatic hydroxyl groups excluding tert-OH is 1. The third-order valence-corrected chi connectivity index (χ3v) is 2.42. The van der Waals surface area contributed by atoms with Gasteiger partial charge < -0.3 is 15.6 Å². The van der Waals surface area contributed by atoms with Gasteiger partial charge in [-0.15, -0.1) is 0 Å². The molecule has 2 aromatic rings. The number of carbonyl (C=O) groups excluding carboxylic acids is 1. The van der Waals surface area contributed by atoms with Gasteiger partial charge in [0.15, 0.2) is 6.10 Å². The molecule has 1 atom stereocenters. The summed E-state index contributed by atoms with van der Waals surface area (Å²) in [5.41, 5.74) is 5.45. The van der Waals surface area contributed by atoms with Crippen molar-refractivity contribution in [1.82, 2.24) is 0 Å². The summed E-state index contributed by atoms with van der Waals surface area (Å²) in [6, 6.07) is 15.9. The predicted octanol–water partition coefficient (Wildman–Crippen LogP) is 2.00. The number of carbonyl (C=O) groups is 1. The molecule has 0 aliphatic rings. The fourth-order valence-electron chi connectivity index (χ4n) is 1.54. The van der Waals surface area contributed by atoms with Crippen LogP contribution in [0.15, 0.2) is 54.6 Å². The number of hydrogen-bond acceptors (Lipinski definition) is 3. The van der Waals surface area contributed by atoms with Crippen molar-refractivity contribution in [1.29, 1.82) is 0 Å². The second kappa shape index (κ2) is 5.33. The molecule has 0 saturated carbocycles. The van der Waals surface area contributed by atoms with Crippen molar-refractivity contribution >= 4 is 5.91 Å². The summed E-state index contributed by atoms with van der Waals surface area (Å²) in [6.07, 6.45) is -1.32. The molecule has 0 radical (unpaired) electrons. The molecule has 0 bridgehead atoms. The molecule has 2 aromatic carbocycles. The van der Waals surface area contributed by atoms with E-state index in [4.69, 9.17) is 10.5 Å². The van der Waals surface area contributed by atoms with Crippen LogP contribution in [0, 0.1) is 0 Å². The van der Waals surface area contributed by atoms with Crippen LogP contribution in [0.5, 0.6) is 11.5 Å². The zero-order chi connectivity index (χ0) is 13.0. The Morgan fingerprint density at radius 2 is 1.72 bits per heavy atom. The van der Waals surface area contributed by atoms with E-state index in [0.29, 0.717) is 17.1 Å². The Morgan fingerprint density at radius 1 is 1.06 bits per heavy atom. The molecule has 0 saturated heterocycles. The zero-order valence-corrected chi connectivity index (χ0v) is 9.61. The first-order valence-corrected chi connectivity index (χ1v) is 5.47. The van der Waals surface area contributed by atoms with E-state index in [1.807, 2.05) is 30.3 Å². The second-order valence-corrected chi connectivity index (χ2v) is 3.79. The van der Waals surface area contributed by atoms with Gasteiger partial charge in [-0.1, -0.05) is 30.3 Å². The van der Waals surface area contributed by atoms with Crippen molar-refractivity contribution in [3.8, 4) is 11.5 Å². The standard InChI is InChI=1S/C14H13NO3/c15-14(17)13(16)10-5-4-8-12(9-10)18-11-6-2-1-3-7-11/h1-9,13,16H,(H2,15,17). The molecule has 1 amide bonds. The Labute approximate surface area is 105 Å². The summed E-state index contributed by atoms with van der Waals surface area (Å²) in [6.45, 7) is 0. The molecule has 0 aliphatic heterocycles. The number of aliphatic hydroxyl groups is 1. The Balaban J connectivity index is 2.20. The van der Waals surface area contributed by atoms with Crippen LogP contribution < -0.4 is 10.5 Å². The predicted molar refractivity (Wildman–Crippen MR) is 67.1 cm³/mol. The highest BCUT2D eigenvalue weighted by Gasteiger charge is 2.14. The van der Waals surface area contributed by atoms with Crippen LogP contribution in [0.2, 0.25) is 0 Å². The van der Waals surface area contributed by atoms with Gasteiger partial charge in [0.25, 0.3) is 5.91 Å². The summed E-state index contributed by atoms with van der Waals surface area (Å²) in [5.74, 6) is 0.439. The van der Waals surface area contributed by atoms with Crippen molar-refractivity contribution in [2.45, 2.75) is 6.10 Å². The maximum Gasteiger partial charge on any atom is 0.250 e. The SMILES string of the molecule is NC(=O)C(O)c1cccc(Oc2ccccc2)c1. The molecule has 0 heterocycles. The lowest BCUT2D eigenvalue weighted by atomic mass is 10.1. The van der Waals surface area contributed by atoms with E-state index in [-0.39, 0.29) is 0 Å². The molecule has 0 aromatic heterocycles. The molecule has 0 fully saturated rings. The number of hydrogen-bond donors (Lipinski definition) is 2. The Hall–Kier alpha value is -2.33. The fraction of sp³-hybridized carbons (Fsp3) is 0.0714. The van der Waals surface area contributed by atoms with Gasteiger partial charge in [-0.05, 0) is 29.8 Å². The van der Waals surface area contributed by atoms with E-state index in [9.17, 15) is 9.90 Å². The van der Waals surface area contributed by atoms with E-state index in [0.717, 1.165) is 0 Å². The van der Waals surface area contributed by atoms with Gasteiger partial charge in [0.1, 0.15) is 11.5 Å². The van der Waals surface area contributed by atoms with Gasteiger partial charge in [-0.2, -0.15) is 0 Å². The Morgan fingerprint density at radius 3 is 2.39 bits per heavy atom. The van der Waals surface area contributed by atoms with Gasteiger partial charge in [-0.25, -0.2) is 0 Å². The van der Waals surface area contributed by atoms with Gasteiger partial charge in [0.2, 0.25) is 0 Å². The third-order valence-electron chi connectivity index (χ3n) is 2.42. The molecule has 18 heavy (non-hydrogen) atoms. The van der Waals surface area contributed by atoms with Gasteiger partial charge in [0.05, 0.1) is 0 Å². The van der Waals surface area contributed by atoms with Crippen LogP contribution in [0.25, 0.3) is 0 Å². The van der Waals surface area contributed by atoms with Crippen LogP contribution in [0.3, 0.4) is 0 Å². The van der Waals surface area contributed by atoms with Crippen LogP contribution in [0.4, 0.5) is 0 Å². The highest BCUT2D eigenvalue weighted by Crippen LogP contribution is 2.24. The average molecular weight is 243 g/mol. The average Bonchev–Trinajstić information content (AvgIpc) is 2.39. The molecule has 92 valence electrons. The number of nitrogens with two attached hydrogens (primary N) is 1. The van der Waals surface area contributed by atoms with Crippen LogP contribution in [-0.4, -0.2) is 11.0 Å². The van der Waals surface area contributed by atoms with E-state index in [1.165, 1.54) is 0 Å². The molecule has 3 N–H and O–H groups in total. The summed E-state index contributed by atoms with van der Waals surface area (Å²) >= 11 is 0. The molecule has 1 unspecified atom stereocenters. The molecule has 4 heteroatoms. The van der Waals surface area contributed by atoms with Crippen molar-refractivity contribution in [3.63, 3.8) is 0 Å². The fourth-order valence-corrected chi connectivity index (χ4v) is 1.54. The monoisotopic (exact) mass is 243 g/mol. The first-order chi connectivity index (χ1) is 8.66. The van der Waals surface area contributed by atoms with E-state index >= 15 is 0 Å². The first kappa shape index (κ1) is 12.1. The minimum absolute atomic E-state index is 0.413. The van der Waals surface area contributed by atoms with Gasteiger partial charge in [-0.3, -0.25) is 4.79 Å². The normalized spacial score (nSPS) is 11.8. The second-order valence-electron chi connectivity index (χ2n) is 3.79. The summed E-state index contributed by atoms with van der Waals surface area (Å²) in [7, 11) is 0. The molecule has 0 spiro atoms. The Kier molecular flexibility index (Phi) is 3.60. The van der Waals surface area contributed by atoms with E-state index < -0.39 is 12.0 Å². The molecular formula is C14H13NO3. The summed E-state index contributed by atoms with van der Waals surface area (Å²) in [4.78, 5) is 10.9. The maximum atomic E-state index is 10.9. The molecular weight excluding hydrogens is 230 g/mol. The lowest BCUT2D eigenvalue weighted by molar-refractivity contribution is -0.126. The highest BCUT2D eigenvalue weighted by atomic mass is 16.5. The number of ether oxygens (including phenoxy) is 1. The minimum atomic E-state index is -1.32. The summed E-state index contributed by atoms with van der Waals surface area (Å²) < 4.78 is 5.59. The van der Waals surface area contributed by atoms with Crippen molar-refractivity contribution in [2.75, 3.05) is 0 Å². The van der Waals surface area contributed by atoms with Crippen molar-refractivity contribution < 1.29 is 14.6 Å². The lowest BCUT2D eigenvalue weighted by Crippen LogP contribution is -2.20. The smallest absolute Gasteiger partial charge is 0.250 e. The molecule has 2 rings (SSSR count). The topological polar surface area (TPSA) is 72.6 Å². The van der Waals surface area contributed by atoms with Crippen LogP contribution >= 0.6 is 0 Å². The number of rotatable bonds is 4. The number of benzene rings is 2. The maximum absolute atomic E-state index is 10.9. The van der Waals surface area contributed by atoms with Crippen molar-refractivity contribution in [2.24, 2.45) is 5.73 Å². The third kappa shape index (κ3) is 2.87. The number of para-hydroxylation sites is 1. The number of amides is 1. The van der Waals surface area contributed by atoms with E-state index in [1.54, 1.807) is 24.3 Å². The first-order valence-electron chi connectivity index (χ1n) is 5.47. The molecule has 4 nitrogen and oxygen atoms in total. The van der Waals surface area contributed by atoms with E-state index in [2.05, 4.69) is 0 Å². The quantitative estimate of drug-likeness (QED) is 0.862. The zero-order valence-electron chi connectivity index (χ0n) is 9.61. The van der Waals surface area contributed by atoms with Crippen LogP contribution in [0.1, 0.15) is 11.7 Å². The van der Waals surface area contributed by atoms with Gasteiger partial charge in [0, 0.05) is 0 Å². The Bertz CT molecular complexity index is 540. The van der Waals surface area contributed by atoms with Crippen LogP contribution in [-0.2, 0) is 4.79 Å². The molecule has 0 aliphatic carbocycles. The lowest BCUT2D eigenvalue weighted by Gasteiger charge is -2.10. The number of primary amides is 1. The minimum Gasteiger partial charge on any atom is -0.457 e. The largest absolute Gasteiger partial charge is 0.457 e. The highest BCUT2D eigenvalue weighted by molar-refractivity contribution is 5.80. The van der Waals surface area contributed by atoms with Crippen molar-refractivity contribution in [3.05, 3.63) is 60.2 Å².